The highest BCUT2D eigenvalue weighted by Gasteiger charge is 2.32. The van der Waals surface area contributed by atoms with E-state index in [0.29, 0.717) is 0 Å². The van der Waals surface area contributed by atoms with Gasteiger partial charge in [0.05, 0.1) is 0 Å². The van der Waals surface area contributed by atoms with Gasteiger partial charge in [0, 0.05) is 6.42 Å². The van der Waals surface area contributed by atoms with Gasteiger partial charge in [-0.3, -0.25) is 0 Å². The number of hydrogen-bond acceptors (Lipinski definition) is 5. The maximum atomic E-state index is 6.00. The van der Waals surface area contributed by atoms with Gasteiger partial charge in [-0.05, 0) is 24.8 Å². The average molecular weight is 251 g/mol. The van der Waals surface area contributed by atoms with Crippen molar-refractivity contribution in [3.05, 3.63) is 11.3 Å². The molecule has 1 saturated carbocycles. The Labute approximate surface area is 104 Å². The number of rotatable bonds is 3. The first-order chi connectivity index (χ1) is 8.31. The maximum Gasteiger partial charge on any atom is 0.234 e. The van der Waals surface area contributed by atoms with Gasteiger partial charge in [0.1, 0.15) is 11.3 Å². The molecule has 6 heteroatoms. The summed E-state index contributed by atoms with van der Waals surface area (Å²) in [5.74, 6) is 0. The largest absolute Gasteiger partial charge is 0.330 e. The molecule has 0 bridgehead atoms. The standard InChI is InChI=1S/C11H17N5S/c12-7-11(4-2-1-3-5-11)6-9-15-16-8-13-14-10(16)17-9/h8H,1-7,12H2. The fourth-order valence-electron chi connectivity index (χ4n) is 2.75. The highest BCUT2D eigenvalue weighted by atomic mass is 32.1. The van der Waals surface area contributed by atoms with Crippen LogP contribution in [0.5, 0.6) is 0 Å². The molecule has 3 rings (SSSR count). The van der Waals surface area contributed by atoms with E-state index in [1.54, 1.807) is 22.2 Å². The van der Waals surface area contributed by atoms with Gasteiger partial charge in [0.2, 0.25) is 4.96 Å². The zero-order chi connectivity index (χ0) is 11.7. The minimum absolute atomic E-state index is 0.279. The Balaban J connectivity index is 1.82. The van der Waals surface area contributed by atoms with Crippen molar-refractivity contribution in [3.8, 4) is 0 Å². The third kappa shape index (κ3) is 2.07. The van der Waals surface area contributed by atoms with Crippen LogP contribution in [0.2, 0.25) is 0 Å². The van der Waals surface area contributed by atoms with Crippen LogP contribution in [-0.4, -0.2) is 26.4 Å². The molecule has 0 radical (unpaired) electrons. The summed E-state index contributed by atoms with van der Waals surface area (Å²) in [4.78, 5) is 0.878. The van der Waals surface area contributed by atoms with Crippen molar-refractivity contribution in [1.29, 1.82) is 0 Å². The molecule has 0 saturated heterocycles. The Morgan fingerprint density at radius 1 is 1.35 bits per heavy atom. The zero-order valence-corrected chi connectivity index (χ0v) is 10.6. The first-order valence-corrected chi connectivity index (χ1v) is 6.99. The maximum absolute atomic E-state index is 6.00. The summed E-state index contributed by atoms with van der Waals surface area (Å²) in [7, 11) is 0. The van der Waals surface area contributed by atoms with E-state index >= 15 is 0 Å². The zero-order valence-electron chi connectivity index (χ0n) is 9.80. The summed E-state index contributed by atoms with van der Waals surface area (Å²) in [5.41, 5.74) is 6.28. The highest BCUT2D eigenvalue weighted by molar-refractivity contribution is 7.16. The normalized spacial score (nSPS) is 19.8. The van der Waals surface area contributed by atoms with Crippen LogP contribution in [0.15, 0.2) is 6.33 Å². The molecular weight excluding hydrogens is 234 g/mol. The first-order valence-electron chi connectivity index (χ1n) is 6.17. The van der Waals surface area contributed by atoms with Crippen molar-refractivity contribution in [1.82, 2.24) is 19.8 Å². The Hall–Kier alpha value is -1.01. The quantitative estimate of drug-likeness (QED) is 0.900. The van der Waals surface area contributed by atoms with Gasteiger partial charge in [-0.2, -0.15) is 9.61 Å². The lowest BCUT2D eigenvalue weighted by molar-refractivity contribution is 0.197. The van der Waals surface area contributed by atoms with Crippen molar-refractivity contribution in [2.24, 2.45) is 11.1 Å². The first kappa shape index (κ1) is 11.1. The molecule has 17 heavy (non-hydrogen) atoms. The Kier molecular flexibility index (Phi) is 2.84. The van der Waals surface area contributed by atoms with Gasteiger partial charge in [-0.25, -0.2) is 0 Å². The van der Waals surface area contributed by atoms with Crippen LogP contribution in [0.4, 0.5) is 0 Å². The number of aromatic nitrogens is 4. The molecule has 0 unspecified atom stereocenters. The summed E-state index contributed by atoms with van der Waals surface area (Å²) in [6.07, 6.45) is 9.10. The molecule has 0 atom stereocenters. The molecule has 92 valence electrons. The van der Waals surface area contributed by atoms with Crippen molar-refractivity contribution in [3.63, 3.8) is 0 Å². The molecule has 0 amide bonds. The van der Waals surface area contributed by atoms with Crippen LogP contribution < -0.4 is 5.73 Å². The third-order valence-corrected chi connectivity index (χ3v) is 4.71. The van der Waals surface area contributed by atoms with E-state index < -0.39 is 0 Å². The number of fused-ring (bicyclic) bond motifs is 1. The second-order valence-electron chi connectivity index (χ2n) is 5.00. The van der Waals surface area contributed by atoms with E-state index in [-0.39, 0.29) is 5.41 Å². The van der Waals surface area contributed by atoms with E-state index in [9.17, 15) is 0 Å². The van der Waals surface area contributed by atoms with Crippen LogP contribution >= 0.6 is 11.3 Å². The van der Waals surface area contributed by atoms with Gasteiger partial charge >= 0.3 is 0 Å². The Morgan fingerprint density at radius 2 is 2.18 bits per heavy atom. The van der Waals surface area contributed by atoms with Crippen molar-refractivity contribution in [2.75, 3.05) is 6.54 Å². The molecule has 2 N–H and O–H groups in total. The monoisotopic (exact) mass is 251 g/mol. The van der Waals surface area contributed by atoms with Gasteiger partial charge < -0.3 is 5.73 Å². The Morgan fingerprint density at radius 3 is 2.88 bits per heavy atom. The lowest BCUT2D eigenvalue weighted by Gasteiger charge is -2.35. The summed E-state index contributed by atoms with van der Waals surface area (Å²) >= 11 is 1.63. The SMILES string of the molecule is NCC1(Cc2nn3cnnc3s2)CCCCC1. The molecule has 1 aliphatic rings. The molecule has 1 aliphatic carbocycles. The molecular formula is C11H17N5S. The predicted molar refractivity (Wildman–Crippen MR) is 66.9 cm³/mol. The highest BCUT2D eigenvalue weighted by Crippen LogP contribution is 2.38. The molecule has 2 heterocycles. The minimum atomic E-state index is 0.279. The molecule has 2 aromatic rings. The molecule has 5 nitrogen and oxygen atoms in total. The molecule has 0 aromatic carbocycles. The number of nitrogens with two attached hydrogens (primary N) is 1. The van der Waals surface area contributed by atoms with Gasteiger partial charge in [0.25, 0.3) is 0 Å². The molecule has 0 spiro atoms. The summed E-state index contributed by atoms with van der Waals surface area (Å²) in [5, 5.41) is 13.5. The van der Waals surface area contributed by atoms with Crippen LogP contribution in [-0.2, 0) is 6.42 Å². The minimum Gasteiger partial charge on any atom is -0.330 e. The second kappa shape index (κ2) is 4.34. The fraction of sp³-hybridized carbons (Fsp3) is 0.727. The molecule has 0 aliphatic heterocycles. The predicted octanol–water partition coefficient (Wildman–Crippen LogP) is 1.64. The van der Waals surface area contributed by atoms with Crippen molar-refractivity contribution < 1.29 is 0 Å². The van der Waals surface area contributed by atoms with Crippen molar-refractivity contribution >= 4 is 16.3 Å². The van der Waals surface area contributed by atoms with E-state index in [1.165, 1.54) is 32.1 Å². The second-order valence-corrected chi connectivity index (χ2v) is 6.04. The molecule has 1 fully saturated rings. The third-order valence-electron chi connectivity index (χ3n) is 3.80. The Bertz CT molecular complexity index is 468. The summed E-state index contributed by atoms with van der Waals surface area (Å²) in [6, 6.07) is 0. The summed E-state index contributed by atoms with van der Waals surface area (Å²) < 4.78 is 1.76. The molecule has 2 aromatic heterocycles. The fourth-order valence-corrected chi connectivity index (χ4v) is 3.74. The summed E-state index contributed by atoms with van der Waals surface area (Å²) in [6.45, 7) is 0.771. The smallest absolute Gasteiger partial charge is 0.234 e. The van der Waals surface area contributed by atoms with E-state index in [1.807, 2.05) is 0 Å². The number of nitrogens with zero attached hydrogens (tertiary/aromatic N) is 4. The van der Waals surface area contributed by atoms with Crippen LogP contribution in [0, 0.1) is 5.41 Å². The topological polar surface area (TPSA) is 69.1 Å². The van der Waals surface area contributed by atoms with Crippen LogP contribution in [0.3, 0.4) is 0 Å². The van der Waals surface area contributed by atoms with Gasteiger partial charge in [-0.1, -0.05) is 30.6 Å². The van der Waals surface area contributed by atoms with E-state index in [4.69, 9.17) is 5.73 Å². The van der Waals surface area contributed by atoms with E-state index in [0.717, 1.165) is 22.9 Å². The lowest BCUT2D eigenvalue weighted by atomic mass is 9.72. The van der Waals surface area contributed by atoms with E-state index in [2.05, 4.69) is 15.3 Å². The van der Waals surface area contributed by atoms with Crippen LogP contribution in [0.1, 0.15) is 37.1 Å². The van der Waals surface area contributed by atoms with Crippen molar-refractivity contribution in [2.45, 2.75) is 38.5 Å². The lowest BCUT2D eigenvalue weighted by Crippen LogP contribution is -2.34. The van der Waals surface area contributed by atoms with Gasteiger partial charge in [0.15, 0.2) is 0 Å². The average Bonchev–Trinajstić information content (AvgIpc) is 2.91. The number of hydrogen-bond donors (Lipinski definition) is 1. The van der Waals surface area contributed by atoms with Gasteiger partial charge in [-0.15, -0.1) is 10.2 Å². The van der Waals surface area contributed by atoms with Crippen LogP contribution in [0.25, 0.3) is 4.96 Å².